The minimum absolute atomic E-state index is 0.314. The Hall–Kier alpha value is -0.410. The molecule has 0 amide bonds. The summed E-state index contributed by atoms with van der Waals surface area (Å²) < 4.78 is 0. The maximum absolute atomic E-state index is 10.9. The number of Topliss-reactive ketones (excluding diaryl/α,β-unsaturated/α-hetero) is 1. The average molecular weight is 242 g/mol. The van der Waals surface area contributed by atoms with Crippen molar-refractivity contribution in [2.45, 2.75) is 40.0 Å². The quantitative estimate of drug-likeness (QED) is 0.549. The topological polar surface area (TPSA) is 23.6 Å². The van der Waals surface area contributed by atoms with Crippen LogP contribution in [-0.2, 0) is 4.79 Å². The first-order chi connectivity index (χ1) is 7.91. The minimum atomic E-state index is 0.314. The second-order valence-electron chi connectivity index (χ2n) is 5.66. The molecule has 0 bridgehead atoms. The van der Waals surface area contributed by atoms with Crippen LogP contribution in [0.5, 0.6) is 0 Å². The molecule has 3 heteroatoms. The van der Waals surface area contributed by atoms with E-state index in [0.29, 0.717) is 11.7 Å². The highest BCUT2D eigenvalue weighted by molar-refractivity contribution is 5.75. The third kappa shape index (κ3) is 11.8. The lowest BCUT2D eigenvalue weighted by Gasteiger charge is -2.25. The molecule has 0 rings (SSSR count). The first-order valence-corrected chi connectivity index (χ1v) is 6.78. The first kappa shape index (κ1) is 16.6. The van der Waals surface area contributed by atoms with Crippen molar-refractivity contribution in [3.63, 3.8) is 0 Å². The molecule has 0 unspecified atom stereocenters. The molecule has 17 heavy (non-hydrogen) atoms. The summed E-state index contributed by atoms with van der Waals surface area (Å²) in [5.74, 6) is 1.03. The van der Waals surface area contributed by atoms with Crippen LogP contribution in [0.25, 0.3) is 0 Å². The van der Waals surface area contributed by atoms with Crippen LogP contribution >= 0.6 is 0 Å². The lowest BCUT2D eigenvalue weighted by atomic mass is 10.1. The van der Waals surface area contributed by atoms with Crippen molar-refractivity contribution in [3.8, 4) is 0 Å². The Balaban J connectivity index is 3.80. The Morgan fingerprint density at radius 2 is 1.71 bits per heavy atom. The molecule has 0 fully saturated rings. The van der Waals surface area contributed by atoms with Gasteiger partial charge in [-0.25, -0.2) is 0 Å². The van der Waals surface area contributed by atoms with Gasteiger partial charge in [-0.05, 0) is 46.3 Å². The number of carbonyl (C=O) groups excluding carboxylic acids is 1. The molecule has 102 valence electrons. The molecule has 0 saturated carbocycles. The van der Waals surface area contributed by atoms with Crippen LogP contribution in [0.3, 0.4) is 0 Å². The van der Waals surface area contributed by atoms with Gasteiger partial charge in [0, 0.05) is 26.1 Å². The van der Waals surface area contributed by atoms with Crippen LogP contribution in [0.4, 0.5) is 0 Å². The van der Waals surface area contributed by atoms with Gasteiger partial charge in [0.05, 0.1) is 0 Å². The molecule has 0 aliphatic rings. The van der Waals surface area contributed by atoms with Crippen LogP contribution in [0.15, 0.2) is 0 Å². The second-order valence-corrected chi connectivity index (χ2v) is 5.66. The molecular formula is C14H30N2O. The van der Waals surface area contributed by atoms with E-state index in [1.807, 2.05) is 0 Å². The van der Waals surface area contributed by atoms with Crippen LogP contribution in [0.2, 0.25) is 0 Å². The highest BCUT2D eigenvalue weighted by atomic mass is 16.1. The number of likely N-dealkylation sites (N-methyl/N-ethyl adjacent to an activating group) is 1. The molecule has 0 atom stereocenters. The summed E-state index contributed by atoms with van der Waals surface area (Å²) >= 11 is 0. The van der Waals surface area contributed by atoms with E-state index in [1.54, 1.807) is 6.92 Å². The molecule has 0 saturated heterocycles. The highest BCUT2D eigenvalue weighted by Gasteiger charge is 2.07. The zero-order valence-corrected chi connectivity index (χ0v) is 12.3. The standard InChI is InChI=1S/C14H30N2O/c1-13(2)12-16(11-10-15(4)5)9-7-6-8-14(3)17/h13H,6-12H2,1-5H3. The number of ketones is 1. The van der Waals surface area contributed by atoms with E-state index in [0.717, 1.165) is 45.4 Å². The van der Waals surface area contributed by atoms with Gasteiger partial charge >= 0.3 is 0 Å². The SMILES string of the molecule is CC(=O)CCCCN(CCN(C)C)CC(C)C. The Kier molecular flexibility index (Phi) is 9.37. The van der Waals surface area contributed by atoms with E-state index in [4.69, 9.17) is 0 Å². The van der Waals surface area contributed by atoms with E-state index in [-0.39, 0.29) is 0 Å². The lowest BCUT2D eigenvalue weighted by Crippen LogP contribution is -2.35. The Morgan fingerprint density at radius 3 is 2.18 bits per heavy atom. The van der Waals surface area contributed by atoms with Crippen molar-refractivity contribution in [1.82, 2.24) is 9.80 Å². The van der Waals surface area contributed by atoms with Crippen molar-refractivity contribution in [1.29, 1.82) is 0 Å². The molecular weight excluding hydrogens is 212 g/mol. The van der Waals surface area contributed by atoms with Gasteiger partial charge in [0.15, 0.2) is 0 Å². The average Bonchev–Trinajstić information content (AvgIpc) is 2.19. The number of hydrogen-bond donors (Lipinski definition) is 0. The molecule has 3 nitrogen and oxygen atoms in total. The van der Waals surface area contributed by atoms with E-state index in [2.05, 4.69) is 37.7 Å². The van der Waals surface area contributed by atoms with Crippen molar-refractivity contribution in [3.05, 3.63) is 0 Å². The summed E-state index contributed by atoms with van der Waals surface area (Å²) in [5, 5.41) is 0. The molecule has 0 aromatic carbocycles. The fourth-order valence-corrected chi connectivity index (χ4v) is 1.86. The van der Waals surface area contributed by atoms with Crippen LogP contribution in [-0.4, -0.2) is 55.9 Å². The maximum Gasteiger partial charge on any atom is 0.129 e. The van der Waals surface area contributed by atoms with Gasteiger partial charge in [-0.1, -0.05) is 13.8 Å². The number of rotatable bonds is 10. The third-order valence-corrected chi connectivity index (χ3v) is 2.74. The molecule has 0 heterocycles. The van der Waals surface area contributed by atoms with Crippen molar-refractivity contribution >= 4 is 5.78 Å². The normalized spacial score (nSPS) is 11.8. The van der Waals surface area contributed by atoms with Crippen molar-refractivity contribution in [2.75, 3.05) is 40.3 Å². The van der Waals surface area contributed by atoms with Gasteiger partial charge in [-0.3, -0.25) is 0 Å². The molecule has 0 aliphatic carbocycles. The number of nitrogens with zero attached hydrogens (tertiary/aromatic N) is 2. The predicted octanol–water partition coefficient (Wildman–Crippen LogP) is 2.27. The maximum atomic E-state index is 10.9. The molecule has 0 radical (unpaired) electrons. The fraction of sp³-hybridized carbons (Fsp3) is 0.929. The molecule has 0 spiro atoms. The van der Waals surface area contributed by atoms with Crippen LogP contribution in [0.1, 0.15) is 40.0 Å². The zero-order chi connectivity index (χ0) is 13.3. The smallest absolute Gasteiger partial charge is 0.129 e. The van der Waals surface area contributed by atoms with Crippen molar-refractivity contribution < 1.29 is 4.79 Å². The van der Waals surface area contributed by atoms with E-state index < -0.39 is 0 Å². The fourth-order valence-electron chi connectivity index (χ4n) is 1.86. The molecule has 0 aromatic rings. The Labute approximate surface area is 107 Å². The highest BCUT2D eigenvalue weighted by Crippen LogP contribution is 2.03. The van der Waals surface area contributed by atoms with Gasteiger partial charge in [-0.2, -0.15) is 0 Å². The third-order valence-electron chi connectivity index (χ3n) is 2.74. The Bertz CT molecular complexity index is 202. The van der Waals surface area contributed by atoms with Gasteiger partial charge in [0.1, 0.15) is 5.78 Å². The zero-order valence-electron chi connectivity index (χ0n) is 12.3. The summed E-state index contributed by atoms with van der Waals surface area (Å²) in [6.07, 6.45) is 2.91. The molecule has 0 aromatic heterocycles. The van der Waals surface area contributed by atoms with Crippen LogP contribution < -0.4 is 0 Å². The van der Waals surface area contributed by atoms with Gasteiger partial charge < -0.3 is 14.6 Å². The molecule has 0 aliphatic heterocycles. The Morgan fingerprint density at radius 1 is 1.06 bits per heavy atom. The van der Waals surface area contributed by atoms with E-state index >= 15 is 0 Å². The number of unbranched alkanes of at least 4 members (excludes halogenated alkanes) is 1. The molecule has 0 N–H and O–H groups in total. The monoisotopic (exact) mass is 242 g/mol. The summed E-state index contributed by atoms with van der Waals surface area (Å²) in [4.78, 5) is 15.6. The van der Waals surface area contributed by atoms with Gasteiger partial charge in [0.2, 0.25) is 0 Å². The van der Waals surface area contributed by atoms with E-state index in [1.165, 1.54) is 0 Å². The predicted molar refractivity (Wildman–Crippen MR) is 74.4 cm³/mol. The largest absolute Gasteiger partial charge is 0.308 e. The van der Waals surface area contributed by atoms with Crippen molar-refractivity contribution in [2.24, 2.45) is 5.92 Å². The first-order valence-electron chi connectivity index (χ1n) is 6.78. The minimum Gasteiger partial charge on any atom is -0.308 e. The summed E-state index contributed by atoms with van der Waals surface area (Å²) in [7, 11) is 4.23. The lowest BCUT2D eigenvalue weighted by molar-refractivity contribution is -0.117. The second kappa shape index (κ2) is 9.60. The number of carbonyl (C=O) groups is 1. The van der Waals surface area contributed by atoms with Gasteiger partial charge in [0.25, 0.3) is 0 Å². The van der Waals surface area contributed by atoms with Gasteiger partial charge in [-0.15, -0.1) is 0 Å². The van der Waals surface area contributed by atoms with E-state index in [9.17, 15) is 4.79 Å². The van der Waals surface area contributed by atoms with Crippen LogP contribution in [0, 0.1) is 5.92 Å². The summed E-state index contributed by atoms with van der Waals surface area (Å²) in [6, 6.07) is 0. The summed E-state index contributed by atoms with van der Waals surface area (Å²) in [6.45, 7) is 10.7. The number of hydrogen-bond acceptors (Lipinski definition) is 3. The summed E-state index contributed by atoms with van der Waals surface area (Å²) in [5.41, 5.74) is 0.